The predicted molar refractivity (Wildman–Crippen MR) is 164 cm³/mol. The second-order valence-corrected chi connectivity index (χ2v) is 13.4. The van der Waals surface area contributed by atoms with Gasteiger partial charge < -0.3 is 20.3 Å². The molecule has 2 saturated heterocycles. The number of hydrogen-bond donors (Lipinski definition) is 2. The Balaban J connectivity index is 1.30. The predicted octanol–water partition coefficient (Wildman–Crippen LogP) is 5.92. The second kappa shape index (κ2) is 11.5. The SMILES string of the molecule is C[C@H]1[C@H](C)CCC[C@@H]1NC(=O)[C@@H]1N(CCc2ccc(Cl)cc2)C(=O)[C@@H]2[C@H](C(=O)Nc3cc(Cl)cc(Cl)c3)[C@@H]3C=C[C@]21O3. The zero-order valence-corrected chi connectivity index (χ0v) is 25.8. The van der Waals surface area contributed by atoms with Gasteiger partial charge in [-0.3, -0.25) is 14.4 Å². The largest absolute Gasteiger partial charge is 0.359 e. The molecule has 3 aliphatic heterocycles. The van der Waals surface area contributed by atoms with Crippen LogP contribution in [0.1, 0.15) is 38.7 Å². The van der Waals surface area contributed by atoms with Gasteiger partial charge in [-0.15, -0.1) is 0 Å². The smallest absolute Gasteiger partial charge is 0.246 e. The molecule has 7 nitrogen and oxygen atoms in total. The molecule has 1 aliphatic carbocycles. The number of amides is 3. The maximum atomic E-state index is 14.2. The van der Waals surface area contributed by atoms with E-state index in [0.29, 0.717) is 45.6 Å². The quantitative estimate of drug-likeness (QED) is 0.372. The molecule has 0 radical (unpaired) electrons. The fourth-order valence-corrected chi connectivity index (χ4v) is 7.96. The average molecular weight is 631 g/mol. The lowest BCUT2D eigenvalue weighted by Crippen LogP contribution is -2.58. The van der Waals surface area contributed by atoms with Crippen molar-refractivity contribution in [1.82, 2.24) is 10.2 Å². The Kier molecular flexibility index (Phi) is 8.07. The van der Waals surface area contributed by atoms with E-state index in [0.717, 1.165) is 24.8 Å². The van der Waals surface area contributed by atoms with Crippen molar-refractivity contribution >= 4 is 58.2 Å². The first-order chi connectivity index (χ1) is 20.1. The summed E-state index contributed by atoms with van der Waals surface area (Å²) < 4.78 is 6.48. The summed E-state index contributed by atoms with van der Waals surface area (Å²) in [6.45, 7) is 4.69. The first kappa shape index (κ1) is 29.5. The Morgan fingerprint density at radius 3 is 2.43 bits per heavy atom. The lowest BCUT2D eigenvalue weighted by atomic mass is 9.73. The summed E-state index contributed by atoms with van der Waals surface area (Å²) in [5.74, 6) is -1.72. The van der Waals surface area contributed by atoms with Crippen molar-refractivity contribution in [3.05, 3.63) is 75.2 Å². The van der Waals surface area contributed by atoms with E-state index in [1.165, 1.54) is 0 Å². The van der Waals surface area contributed by atoms with Gasteiger partial charge in [-0.2, -0.15) is 0 Å². The van der Waals surface area contributed by atoms with Crippen LogP contribution in [0.2, 0.25) is 15.1 Å². The highest BCUT2D eigenvalue weighted by molar-refractivity contribution is 6.35. The van der Waals surface area contributed by atoms with Gasteiger partial charge in [0.2, 0.25) is 17.7 Å². The van der Waals surface area contributed by atoms with Gasteiger partial charge in [-0.1, -0.05) is 85.8 Å². The molecular formula is C32H34Cl3N3O4. The molecule has 8 atom stereocenters. The summed E-state index contributed by atoms with van der Waals surface area (Å²) in [4.78, 5) is 43.7. The zero-order valence-electron chi connectivity index (χ0n) is 23.5. The zero-order chi connectivity index (χ0) is 29.8. The normalized spacial score (nSPS) is 33.1. The van der Waals surface area contributed by atoms with E-state index in [2.05, 4.69) is 24.5 Å². The fraction of sp³-hybridized carbons (Fsp3) is 0.469. The van der Waals surface area contributed by atoms with Gasteiger partial charge in [-0.05, 0) is 60.6 Å². The van der Waals surface area contributed by atoms with Crippen molar-refractivity contribution in [2.75, 3.05) is 11.9 Å². The van der Waals surface area contributed by atoms with Crippen LogP contribution in [-0.4, -0.2) is 53.0 Å². The number of halogens is 3. The lowest BCUT2D eigenvalue weighted by Gasteiger charge is -2.38. The number of nitrogens with zero attached hydrogens (tertiary/aromatic N) is 1. The Bertz CT molecular complexity index is 1410. The van der Waals surface area contributed by atoms with Crippen LogP contribution in [0.4, 0.5) is 5.69 Å². The minimum absolute atomic E-state index is 0.0131. The summed E-state index contributed by atoms with van der Waals surface area (Å²) in [6.07, 6.45) is 6.62. The molecule has 3 fully saturated rings. The van der Waals surface area contributed by atoms with Gasteiger partial charge in [0.1, 0.15) is 11.6 Å². The van der Waals surface area contributed by atoms with Crippen LogP contribution in [0.25, 0.3) is 0 Å². The Morgan fingerprint density at radius 1 is 1.00 bits per heavy atom. The van der Waals surface area contributed by atoms with E-state index in [1.54, 1.807) is 23.1 Å². The van der Waals surface area contributed by atoms with Gasteiger partial charge in [0.05, 0.1) is 17.9 Å². The van der Waals surface area contributed by atoms with Crippen LogP contribution < -0.4 is 10.6 Å². The molecule has 3 heterocycles. The summed E-state index contributed by atoms with van der Waals surface area (Å²) >= 11 is 18.4. The molecule has 42 heavy (non-hydrogen) atoms. The van der Waals surface area contributed by atoms with Crippen LogP contribution >= 0.6 is 34.8 Å². The highest BCUT2D eigenvalue weighted by atomic mass is 35.5. The summed E-state index contributed by atoms with van der Waals surface area (Å²) in [6, 6.07) is 11.3. The van der Waals surface area contributed by atoms with Crippen LogP contribution in [0.3, 0.4) is 0 Å². The average Bonchev–Trinajstić information content (AvgIpc) is 3.57. The number of rotatable bonds is 7. The molecule has 2 aromatic rings. The summed E-state index contributed by atoms with van der Waals surface area (Å²) in [5, 5.41) is 7.55. The summed E-state index contributed by atoms with van der Waals surface area (Å²) in [5.41, 5.74) is 0.185. The van der Waals surface area contributed by atoms with Crippen molar-refractivity contribution < 1.29 is 19.1 Å². The Morgan fingerprint density at radius 2 is 1.71 bits per heavy atom. The standard InChI is InChI=1S/C32H34Cl3N3O4/c1-17-4-3-5-24(18(17)2)37-30(40)28-32-12-10-25(42-32)26(29(39)36-23-15-21(34)14-22(35)16-23)27(32)31(41)38(28)13-11-19-6-8-20(33)9-7-19/h6-10,12,14-18,24-28H,3-5,11,13H2,1-2H3,(H,36,39)(H,37,40)/t17-,18+,24+,25+,26-,27+,28+,32+/m1/s1. The van der Waals surface area contributed by atoms with Crippen molar-refractivity contribution in [2.24, 2.45) is 23.7 Å². The van der Waals surface area contributed by atoms with E-state index in [-0.39, 0.29) is 23.8 Å². The van der Waals surface area contributed by atoms with E-state index in [4.69, 9.17) is 39.5 Å². The van der Waals surface area contributed by atoms with Crippen LogP contribution in [0.15, 0.2) is 54.6 Å². The first-order valence-corrected chi connectivity index (χ1v) is 15.7. The van der Waals surface area contributed by atoms with Crippen molar-refractivity contribution in [3.8, 4) is 0 Å². The molecule has 1 spiro atoms. The Hall–Kier alpha value is -2.58. The minimum atomic E-state index is -1.23. The molecular weight excluding hydrogens is 597 g/mol. The van der Waals surface area contributed by atoms with Gasteiger partial charge in [0.25, 0.3) is 0 Å². The third kappa shape index (κ3) is 5.23. The van der Waals surface area contributed by atoms with E-state index < -0.39 is 29.6 Å². The number of anilines is 1. The maximum absolute atomic E-state index is 14.2. The van der Waals surface area contributed by atoms with Gasteiger partial charge in [-0.25, -0.2) is 0 Å². The van der Waals surface area contributed by atoms with Gasteiger partial charge in [0.15, 0.2) is 0 Å². The number of benzene rings is 2. The molecule has 1 saturated carbocycles. The van der Waals surface area contributed by atoms with E-state index in [9.17, 15) is 14.4 Å². The van der Waals surface area contributed by atoms with Gasteiger partial charge in [0, 0.05) is 33.3 Å². The summed E-state index contributed by atoms with van der Waals surface area (Å²) in [7, 11) is 0. The maximum Gasteiger partial charge on any atom is 0.246 e. The molecule has 3 amide bonds. The third-order valence-corrected chi connectivity index (χ3v) is 10.3. The number of hydrogen-bond acceptors (Lipinski definition) is 4. The number of carbonyl (C=O) groups excluding carboxylic acids is 3. The highest BCUT2D eigenvalue weighted by Crippen LogP contribution is 2.55. The van der Waals surface area contributed by atoms with Crippen molar-refractivity contribution in [2.45, 2.75) is 63.3 Å². The second-order valence-electron chi connectivity index (χ2n) is 12.1. The van der Waals surface area contributed by atoms with E-state index in [1.807, 2.05) is 36.4 Å². The number of carbonyl (C=O) groups is 3. The number of nitrogens with one attached hydrogen (secondary N) is 2. The molecule has 6 rings (SSSR count). The van der Waals surface area contributed by atoms with Crippen LogP contribution in [-0.2, 0) is 25.5 Å². The molecule has 4 aliphatic rings. The fourth-order valence-electron chi connectivity index (χ4n) is 7.31. The molecule has 10 heteroatoms. The molecule has 0 aromatic heterocycles. The lowest BCUT2D eigenvalue weighted by molar-refractivity contribution is -0.141. The molecule has 2 N–H and O–H groups in total. The van der Waals surface area contributed by atoms with Crippen molar-refractivity contribution in [3.63, 3.8) is 0 Å². The molecule has 222 valence electrons. The monoisotopic (exact) mass is 629 g/mol. The third-order valence-electron chi connectivity index (χ3n) is 9.64. The first-order valence-electron chi connectivity index (χ1n) is 14.6. The minimum Gasteiger partial charge on any atom is -0.359 e. The topological polar surface area (TPSA) is 87.7 Å². The van der Waals surface area contributed by atoms with Crippen LogP contribution in [0.5, 0.6) is 0 Å². The highest BCUT2D eigenvalue weighted by Gasteiger charge is 2.72. The molecule has 0 unspecified atom stereocenters. The number of likely N-dealkylation sites (tertiary alicyclic amines) is 1. The molecule has 2 bridgehead atoms. The molecule has 2 aromatic carbocycles. The number of ether oxygens (including phenoxy) is 1. The van der Waals surface area contributed by atoms with Gasteiger partial charge >= 0.3 is 0 Å². The van der Waals surface area contributed by atoms with Crippen molar-refractivity contribution in [1.29, 1.82) is 0 Å². The number of fused-ring (bicyclic) bond motifs is 1. The van der Waals surface area contributed by atoms with Crippen LogP contribution in [0, 0.1) is 23.7 Å². The van der Waals surface area contributed by atoms with E-state index >= 15 is 0 Å². The Labute approximate surface area is 260 Å².